The minimum absolute atomic E-state index is 0.304. The van der Waals surface area contributed by atoms with Crippen LogP contribution in [0.25, 0.3) is 0 Å². The van der Waals surface area contributed by atoms with E-state index < -0.39 is 11.6 Å². The van der Waals surface area contributed by atoms with Crippen molar-refractivity contribution in [2.24, 2.45) is 0 Å². The second-order valence-corrected chi connectivity index (χ2v) is 5.83. The molecular formula is C17H20O3S. The van der Waals surface area contributed by atoms with Crippen molar-refractivity contribution in [2.75, 3.05) is 18.6 Å². The van der Waals surface area contributed by atoms with E-state index in [2.05, 4.69) is 0 Å². The Morgan fingerprint density at radius 3 is 2.71 bits per heavy atom. The molecule has 0 saturated carbocycles. The number of benzene rings is 1. The van der Waals surface area contributed by atoms with E-state index in [1.807, 2.05) is 42.7 Å². The monoisotopic (exact) mass is 304 g/mol. The van der Waals surface area contributed by atoms with Crippen molar-refractivity contribution in [3.05, 3.63) is 59.7 Å². The topological polar surface area (TPSA) is 46.5 Å². The summed E-state index contributed by atoms with van der Waals surface area (Å²) in [5, 5.41) is 11.1. The molecule has 1 atom stereocenters. The smallest absolute Gasteiger partial charge is 0.347 e. The summed E-state index contributed by atoms with van der Waals surface area (Å²) < 4.78 is 5.28. The van der Waals surface area contributed by atoms with E-state index in [1.54, 1.807) is 23.9 Å². The van der Waals surface area contributed by atoms with Gasteiger partial charge in [-0.2, -0.15) is 11.8 Å². The van der Waals surface area contributed by atoms with Crippen LogP contribution in [0.3, 0.4) is 0 Å². The molecule has 1 aliphatic rings. The molecule has 1 aromatic rings. The number of allylic oxidation sites excluding steroid dienone is 3. The van der Waals surface area contributed by atoms with Crippen molar-refractivity contribution in [3.8, 4) is 0 Å². The SMILES string of the molecule is CSCCOC(=O)[C@](O)(C1=CCC=CC1)c1ccccc1. The molecule has 1 aromatic carbocycles. The highest BCUT2D eigenvalue weighted by molar-refractivity contribution is 7.98. The number of aliphatic hydroxyl groups is 1. The van der Waals surface area contributed by atoms with Gasteiger partial charge in [-0.25, -0.2) is 4.79 Å². The van der Waals surface area contributed by atoms with Crippen LogP contribution < -0.4 is 0 Å². The van der Waals surface area contributed by atoms with Crippen LogP contribution in [0.5, 0.6) is 0 Å². The van der Waals surface area contributed by atoms with Crippen molar-refractivity contribution in [1.29, 1.82) is 0 Å². The molecule has 1 N–H and O–H groups in total. The van der Waals surface area contributed by atoms with Crippen LogP contribution in [0.15, 0.2) is 54.1 Å². The molecule has 0 bridgehead atoms. The van der Waals surface area contributed by atoms with Gasteiger partial charge in [-0.05, 0) is 30.2 Å². The first-order valence-electron chi connectivity index (χ1n) is 6.98. The predicted octanol–water partition coefficient (Wildman–Crippen LogP) is 3.06. The Bertz CT molecular complexity index is 536. The van der Waals surface area contributed by atoms with Gasteiger partial charge in [-0.15, -0.1) is 0 Å². The van der Waals surface area contributed by atoms with E-state index in [4.69, 9.17) is 4.74 Å². The highest BCUT2D eigenvalue weighted by atomic mass is 32.2. The molecule has 0 spiro atoms. The molecule has 21 heavy (non-hydrogen) atoms. The lowest BCUT2D eigenvalue weighted by Crippen LogP contribution is -2.40. The summed E-state index contributed by atoms with van der Waals surface area (Å²) in [7, 11) is 0. The largest absolute Gasteiger partial charge is 0.462 e. The number of carbonyl (C=O) groups excluding carboxylic acids is 1. The third-order valence-electron chi connectivity index (χ3n) is 3.48. The van der Waals surface area contributed by atoms with Gasteiger partial charge in [0.15, 0.2) is 0 Å². The third kappa shape index (κ3) is 3.57. The second-order valence-electron chi connectivity index (χ2n) is 4.85. The van der Waals surface area contributed by atoms with Crippen molar-refractivity contribution >= 4 is 17.7 Å². The summed E-state index contributed by atoms with van der Waals surface area (Å²) in [6.07, 6.45) is 9.13. The molecule has 0 amide bonds. The Morgan fingerprint density at radius 1 is 1.33 bits per heavy atom. The fourth-order valence-corrected chi connectivity index (χ4v) is 2.58. The summed E-state index contributed by atoms with van der Waals surface area (Å²) in [6, 6.07) is 9.01. The lowest BCUT2D eigenvalue weighted by atomic mass is 9.82. The Labute approximate surface area is 129 Å². The van der Waals surface area contributed by atoms with Gasteiger partial charge in [0.2, 0.25) is 5.60 Å². The van der Waals surface area contributed by atoms with E-state index in [0.717, 1.165) is 12.2 Å². The van der Waals surface area contributed by atoms with Crippen molar-refractivity contribution in [1.82, 2.24) is 0 Å². The summed E-state index contributed by atoms with van der Waals surface area (Å²) >= 11 is 1.60. The number of hydrogen-bond donors (Lipinski definition) is 1. The van der Waals surface area contributed by atoms with Crippen molar-refractivity contribution in [3.63, 3.8) is 0 Å². The number of ether oxygens (including phenoxy) is 1. The van der Waals surface area contributed by atoms with Gasteiger partial charge in [0.1, 0.15) is 6.61 Å². The molecule has 0 heterocycles. The minimum atomic E-state index is -1.69. The molecule has 2 rings (SSSR count). The van der Waals surface area contributed by atoms with Gasteiger partial charge in [0.25, 0.3) is 0 Å². The third-order valence-corrected chi connectivity index (χ3v) is 4.05. The fraction of sp³-hybridized carbons (Fsp3) is 0.353. The van der Waals surface area contributed by atoms with Crippen LogP contribution in [-0.2, 0) is 15.1 Å². The van der Waals surface area contributed by atoms with Crippen LogP contribution in [0.1, 0.15) is 18.4 Å². The van der Waals surface area contributed by atoms with E-state index in [1.165, 1.54) is 0 Å². The van der Waals surface area contributed by atoms with Crippen molar-refractivity contribution in [2.45, 2.75) is 18.4 Å². The molecule has 0 radical (unpaired) electrons. The maximum absolute atomic E-state index is 12.5. The lowest BCUT2D eigenvalue weighted by Gasteiger charge is -2.30. The van der Waals surface area contributed by atoms with Crippen LogP contribution in [0, 0.1) is 0 Å². The average Bonchev–Trinajstić information content (AvgIpc) is 2.56. The standard InChI is InChI=1S/C17H20O3S/c1-21-13-12-20-16(18)17(19,14-8-4-2-5-9-14)15-10-6-3-7-11-15/h2-6,8-9,11,19H,7,10,12-13H2,1H3/t17-/m1/s1. The van der Waals surface area contributed by atoms with Gasteiger partial charge in [-0.3, -0.25) is 0 Å². The summed E-state index contributed by atoms with van der Waals surface area (Å²) in [6.45, 7) is 0.304. The first kappa shape index (κ1) is 15.9. The Balaban J connectivity index is 2.30. The average molecular weight is 304 g/mol. The zero-order chi connectivity index (χ0) is 15.1. The molecular weight excluding hydrogens is 284 g/mol. The summed E-state index contributed by atoms with van der Waals surface area (Å²) in [5.74, 6) is 0.125. The van der Waals surface area contributed by atoms with Crippen LogP contribution in [0.2, 0.25) is 0 Å². The van der Waals surface area contributed by atoms with Gasteiger partial charge in [-0.1, -0.05) is 48.6 Å². The number of carbonyl (C=O) groups is 1. The van der Waals surface area contributed by atoms with E-state index in [9.17, 15) is 9.90 Å². The van der Waals surface area contributed by atoms with Gasteiger partial charge in [0, 0.05) is 5.75 Å². The number of thioether (sulfide) groups is 1. The van der Waals surface area contributed by atoms with Gasteiger partial charge in [0.05, 0.1) is 0 Å². The molecule has 3 nitrogen and oxygen atoms in total. The first-order chi connectivity index (χ1) is 10.2. The maximum Gasteiger partial charge on any atom is 0.347 e. The number of rotatable bonds is 6. The molecule has 1 aliphatic carbocycles. The van der Waals surface area contributed by atoms with E-state index in [0.29, 0.717) is 24.2 Å². The summed E-state index contributed by atoms with van der Waals surface area (Å²) in [5.41, 5.74) is -0.448. The molecule has 0 aliphatic heterocycles. The second kappa shape index (κ2) is 7.48. The first-order valence-corrected chi connectivity index (χ1v) is 8.37. The Kier molecular flexibility index (Phi) is 5.65. The molecule has 4 heteroatoms. The Morgan fingerprint density at radius 2 is 2.10 bits per heavy atom. The molecule has 0 aromatic heterocycles. The minimum Gasteiger partial charge on any atom is -0.462 e. The Hall–Kier alpha value is -1.52. The molecule has 112 valence electrons. The molecule has 0 saturated heterocycles. The van der Waals surface area contributed by atoms with E-state index in [-0.39, 0.29) is 0 Å². The number of esters is 1. The quantitative estimate of drug-likeness (QED) is 0.498. The van der Waals surface area contributed by atoms with Crippen LogP contribution >= 0.6 is 11.8 Å². The highest BCUT2D eigenvalue weighted by Gasteiger charge is 2.42. The highest BCUT2D eigenvalue weighted by Crippen LogP contribution is 2.35. The molecule has 0 fully saturated rings. The van der Waals surface area contributed by atoms with Crippen LogP contribution in [-0.4, -0.2) is 29.7 Å². The van der Waals surface area contributed by atoms with Gasteiger partial charge >= 0.3 is 5.97 Å². The maximum atomic E-state index is 12.5. The number of hydrogen-bond acceptors (Lipinski definition) is 4. The lowest BCUT2D eigenvalue weighted by molar-refractivity contribution is -0.162. The normalized spacial score (nSPS) is 17.0. The van der Waals surface area contributed by atoms with Crippen molar-refractivity contribution < 1.29 is 14.6 Å². The molecule has 0 unspecified atom stereocenters. The predicted molar refractivity (Wildman–Crippen MR) is 86.1 cm³/mol. The fourth-order valence-electron chi connectivity index (χ4n) is 2.33. The zero-order valence-electron chi connectivity index (χ0n) is 12.1. The van der Waals surface area contributed by atoms with Crippen LogP contribution in [0.4, 0.5) is 0 Å². The van der Waals surface area contributed by atoms with E-state index >= 15 is 0 Å². The van der Waals surface area contributed by atoms with Gasteiger partial charge < -0.3 is 9.84 Å². The summed E-state index contributed by atoms with van der Waals surface area (Å²) in [4.78, 5) is 12.5. The zero-order valence-corrected chi connectivity index (χ0v) is 12.9.